The molecule has 0 atom stereocenters. The summed E-state index contributed by atoms with van der Waals surface area (Å²) >= 11 is 0. The van der Waals surface area contributed by atoms with E-state index in [2.05, 4.69) is 20.0 Å². The molecule has 0 amide bonds. The first-order valence-corrected chi connectivity index (χ1v) is 9.89. The average Bonchev–Trinajstić information content (AvgIpc) is 2.69. The molecule has 0 fully saturated rings. The lowest BCUT2D eigenvalue weighted by molar-refractivity contribution is 0.581. The summed E-state index contributed by atoms with van der Waals surface area (Å²) in [5.74, 6) is 0.287. The molecule has 2 aromatic carbocycles. The predicted molar refractivity (Wildman–Crippen MR) is 106 cm³/mol. The summed E-state index contributed by atoms with van der Waals surface area (Å²) in [4.78, 5) is 8.13. The van der Waals surface area contributed by atoms with E-state index in [1.165, 1.54) is 18.3 Å². The van der Waals surface area contributed by atoms with Gasteiger partial charge in [-0.3, -0.25) is 0 Å². The Bertz CT molecular complexity index is 1090. The fourth-order valence-corrected chi connectivity index (χ4v) is 3.48. The molecule has 1 aromatic heterocycles. The number of nitrogens with zero attached hydrogens (tertiary/aromatic N) is 3. The van der Waals surface area contributed by atoms with Crippen molar-refractivity contribution in [2.75, 3.05) is 17.6 Å². The van der Waals surface area contributed by atoms with Crippen LogP contribution in [0.25, 0.3) is 0 Å². The van der Waals surface area contributed by atoms with Crippen LogP contribution in [-0.4, -0.2) is 24.9 Å². The average molecular weight is 394 g/mol. The lowest BCUT2D eigenvalue weighted by Crippen LogP contribution is -2.25. The number of aromatic nitrogens is 2. The lowest BCUT2D eigenvalue weighted by atomic mass is 10.2. The SMILES string of the molecule is N#Cc1cnc(Nc2ccc(S(=O)(=O)NCCc3ccccc3)cc2)nc1N. The van der Waals surface area contributed by atoms with Gasteiger partial charge in [0.15, 0.2) is 0 Å². The standard InChI is InChI=1S/C19H18N6O2S/c20-12-15-13-22-19(25-18(15)21)24-16-6-8-17(9-7-16)28(26,27)23-11-10-14-4-2-1-3-5-14/h1-9,13,23H,10-11H2,(H3,21,22,24,25). The van der Waals surface area contributed by atoms with Crippen LogP contribution in [0.2, 0.25) is 0 Å². The third-order valence-corrected chi connectivity index (χ3v) is 5.38. The zero-order chi connectivity index (χ0) is 20.0. The molecule has 142 valence electrons. The van der Waals surface area contributed by atoms with Gasteiger partial charge in [0.25, 0.3) is 0 Å². The Kier molecular flexibility index (Phi) is 5.84. The highest BCUT2D eigenvalue weighted by molar-refractivity contribution is 7.89. The summed E-state index contributed by atoms with van der Waals surface area (Å²) in [6.07, 6.45) is 1.93. The van der Waals surface area contributed by atoms with Crippen molar-refractivity contribution in [3.63, 3.8) is 0 Å². The minimum Gasteiger partial charge on any atom is -0.382 e. The highest BCUT2D eigenvalue weighted by Gasteiger charge is 2.13. The summed E-state index contributed by atoms with van der Waals surface area (Å²) in [6.45, 7) is 0.310. The molecule has 0 radical (unpaired) electrons. The molecule has 0 bridgehead atoms. The number of nitrogens with one attached hydrogen (secondary N) is 2. The van der Waals surface area contributed by atoms with Gasteiger partial charge >= 0.3 is 0 Å². The maximum atomic E-state index is 12.4. The fourth-order valence-electron chi connectivity index (χ4n) is 2.45. The van der Waals surface area contributed by atoms with Crippen molar-refractivity contribution < 1.29 is 8.42 Å². The zero-order valence-corrected chi connectivity index (χ0v) is 15.6. The second-order valence-corrected chi connectivity index (χ2v) is 7.65. The molecule has 0 spiro atoms. The summed E-state index contributed by atoms with van der Waals surface area (Å²) < 4.78 is 27.4. The number of hydrogen-bond acceptors (Lipinski definition) is 7. The van der Waals surface area contributed by atoms with Gasteiger partial charge in [0.1, 0.15) is 17.5 Å². The summed E-state index contributed by atoms with van der Waals surface area (Å²) in [5, 5.41) is 11.8. The van der Waals surface area contributed by atoms with Gasteiger partial charge in [-0.2, -0.15) is 10.2 Å². The van der Waals surface area contributed by atoms with Crippen LogP contribution in [0.1, 0.15) is 11.1 Å². The van der Waals surface area contributed by atoms with Crippen LogP contribution in [0.15, 0.2) is 65.7 Å². The third kappa shape index (κ3) is 4.82. The Labute approximate surface area is 163 Å². The molecule has 0 aliphatic rings. The van der Waals surface area contributed by atoms with Gasteiger partial charge in [-0.1, -0.05) is 30.3 Å². The first-order valence-electron chi connectivity index (χ1n) is 8.41. The number of nitrogens with two attached hydrogens (primary N) is 1. The monoisotopic (exact) mass is 394 g/mol. The van der Waals surface area contributed by atoms with Crippen molar-refractivity contribution in [1.82, 2.24) is 14.7 Å². The van der Waals surface area contributed by atoms with E-state index in [-0.39, 0.29) is 22.2 Å². The minimum atomic E-state index is -3.60. The van der Waals surface area contributed by atoms with Crippen molar-refractivity contribution in [2.24, 2.45) is 0 Å². The van der Waals surface area contributed by atoms with E-state index in [9.17, 15) is 8.42 Å². The largest absolute Gasteiger partial charge is 0.382 e. The van der Waals surface area contributed by atoms with Crippen molar-refractivity contribution in [3.05, 3.63) is 71.9 Å². The second-order valence-electron chi connectivity index (χ2n) is 5.89. The van der Waals surface area contributed by atoms with Crippen molar-refractivity contribution >= 4 is 27.5 Å². The van der Waals surface area contributed by atoms with Crippen LogP contribution in [0.5, 0.6) is 0 Å². The Balaban J connectivity index is 1.62. The van der Waals surface area contributed by atoms with E-state index in [0.717, 1.165) is 5.56 Å². The number of anilines is 3. The Morgan fingerprint density at radius 1 is 1.07 bits per heavy atom. The number of sulfonamides is 1. The van der Waals surface area contributed by atoms with Gasteiger partial charge in [0, 0.05) is 12.2 Å². The molecular weight excluding hydrogens is 376 g/mol. The van der Waals surface area contributed by atoms with Gasteiger partial charge in [0.05, 0.1) is 11.1 Å². The van der Waals surface area contributed by atoms with E-state index in [1.54, 1.807) is 12.1 Å². The van der Waals surface area contributed by atoms with Gasteiger partial charge in [-0.05, 0) is 36.2 Å². The smallest absolute Gasteiger partial charge is 0.240 e. The summed E-state index contributed by atoms with van der Waals surface area (Å²) in [6, 6.07) is 17.7. The number of rotatable bonds is 7. The summed E-state index contributed by atoms with van der Waals surface area (Å²) in [7, 11) is -3.60. The second kappa shape index (κ2) is 8.47. The molecule has 1 heterocycles. The summed E-state index contributed by atoms with van der Waals surface area (Å²) in [5.41, 5.74) is 7.49. The molecule has 9 heteroatoms. The normalized spacial score (nSPS) is 11.0. The van der Waals surface area contributed by atoms with Crippen LogP contribution >= 0.6 is 0 Å². The van der Waals surface area contributed by atoms with Gasteiger partial charge < -0.3 is 11.1 Å². The van der Waals surface area contributed by atoms with Crippen LogP contribution in [0.3, 0.4) is 0 Å². The lowest BCUT2D eigenvalue weighted by Gasteiger charge is -2.09. The third-order valence-electron chi connectivity index (χ3n) is 3.91. The number of nitriles is 1. The Hall–Kier alpha value is -3.48. The number of benzene rings is 2. The molecule has 3 rings (SSSR count). The van der Waals surface area contributed by atoms with Crippen LogP contribution in [0, 0.1) is 11.3 Å². The van der Waals surface area contributed by atoms with Crippen molar-refractivity contribution in [2.45, 2.75) is 11.3 Å². The quantitative estimate of drug-likeness (QED) is 0.559. The Morgan fingerprint density at radius 2 is 1.79 bits per heavy atom. The molecule has 0 saturated carbocycles. The molecule has 0 aliphatic carbocycles. The van der Waals surface area contributed by atoms with E-state index < -0.39 is 10.0 Å². The topological polar surface area (TPSA) is 134 Å². The first-order chi connectivity index (χ1) is 13.5. The van der Waals surface area contributed by atoms with Crippen molar-refractivity contribution in [1.29, 1.82) is 5.26 Å². The van der Waals surface area contributed by atoms with Crippen LogP contribution in [-0.2, 0) is 16.4 Å². The first kappa shape index (κ1) is 19.3. The van der Waals surface area contributed by atoms with E-state index in [4.69, 9.17) is 11.0 Å². The van der Waals surface area contributed by atoms with Gasteiger partial charge in [0.2, 0.25) is 16.0 Å². The highest BCUT2D eigenvalue weighted by Crippen LogP contribution is 2.18. The predicted octanol–water partition coefficient (Wildman–Crippen LogP) is 2.20. The van der Waals surface area contributed by atoms with E-state index in [1.807, 2.05) is 36.4 Å². The number of nitrogen functional groups attached to an aromatic ring is 1. The highest BCUT2D eigenvalue weighted by atomic mass is 32.2. The molecule has 0 aliphatic heterocycles. The van der Waals surface area contributed by atoms with Crippen LogP contribution < -0.4 is 15.8 Å². The molecule has 3 aromatic rings. The fraction of sp³-hybridized carbons (Fsp3) is 0.105. The molecule has 0 unspecified atom stereocenters. The van der Waals surface area contributed by atoms with E-state index >= 15 is 0 Å². The zero-order valence-electron chi connectivity index (χ0n) is 14.8. The molecule has 4 N–H and O–H groups in total. The molecule has 0 saturated heterocycles. The van der Waals surface area contributed by atoms with Crippen molar-refractivity contribution in [3.8, 4) is 6.07 Å². The Morgan fingerprint density at radius 3 is 2.43 bits per heavy atom. The molecular formula is C19H18N6O2S. The molecule has 28 heavy (non-hydrogen) atoms. The maximum absolute atomic E-state index is 12.4. The van der Waals surface area contributed by atoms with Gasteiger partial charge in [-0.15, -0.1) is 0 Å². The minimum absolute atomic E-state index is 0.0711. The van der Waals surface area contributed by atoms with Crippen LogP contribution in [0.4, 0.5) is 17.5 Å². The number of hydrogen-bond donors (Lipinski definition) is 3. The maximum Gasteiger partial charge on any atom is 0.240 e. The molecule has 8 nitrogen and oxygen atoms in total. The van der Waals surface area contributed by atoms with E-state index in [0.29, 0.717) is 18.7 Å². The van der Waals surface area contributed by atoms with Gasteiger partial charge in [-0.25, -0.2) is 18.1 Å².